The molecule has 0 saturated carbocycles. The number of anilines is 2. The van der Waals surface area contributed by atoms with Crippen LogP contribution in [0.1, 0.15) is 6.92 Å². The van der Waals surface area contributed by atoms with Crippen LogP contribution in [0.25, 0.3) is 0 Å². The van der Waals surface area contributed by atoms with E-state index in [0.717, 1.165) is 25.2 Å². The predicted molar refractivity (Wildman–Crippen MR) is 94.9 cm³/mol. The third-order valence-corrected chi connectivity index (χ3v) is 4.58. The lowest BCUT2D eigenvalue weighted by atomic mass is 10.1. The van der Waals surface area contributed by atoms with Gasteiger partial charge in [-0.3, -0.25) is 9.35 Å². The number of carbonyl (C=O) groups excluding carboxylic acids is 3. The largest absolute Gasteiger partial charge is 0.466 e. The monoisotopic (exact) mass is 414 g/mol. The van der Waals surface area contributed by atoms with Gasteiger partial charge in [0.1, 0.15) is 17.3 Å². The number of ether oxygens (including phenoxy) is 3. The summed E-state index contributed by atoms with van der Waals surface area (Å²) in [6.07, 6.45) is 0. The highest BCUT2D eigenvalue weighted by molar-refractivity contribution is 7.86. The fraction of sp³-hybridized carbons (Fsp3) is 0.312. The molecule has 0 aliphatic carbocycles. The number of hydrogen-bond acceptors (Lipinski definition) is 9. The molecule has 0 atom stereocenters. The Kier molecular flexibility index (Phi) is 6.38. The number of esters is 2. The number of methoxy groups -OCH3 is 2. The summed E-state index contributed by atoms with van der Waals surface area (Å²) < 4.78 is 47.8. The molecule has 0 unspecified atom stereocenters. The molecule has 1 aromatic rings. The Morgan fingerprint density at radius 2 is 1.82 bits per heavy atom. The zero-order chi connectivity index (χ0) is 21.1. The van der Waals surface area contributed by atoms with Crippen molar-refractivity contribution in [1.82, 2.24) is 0 Å². The fourth-order valence-corrected chi connectivity index (χ4v) is 3.23. The minimum absolute atomic E-state index is 0.185. The fourth-order valence-electron chi connectivity index (χ4n) is 2.56. The molecule has 1 aromatic carbocycles. The smallest absolute Gasteiger partial charge is 0.355 e. The SMILES string of the molecule is COC(=O)C1=C(C(=O)OC)N(c2cc(NC(C)=O)ccc2S(=O)(=O)O)COC1. The van der Waals surface area contributed by atoms with Gasteiger partial charge < -0.3 is 24.4 Å². The maximum atomic E-state index is 12.3. The van der Waals surface area contributed by atoms with Crippen molar-refractivity contribution in [2.45, 2.75) is 11.8 Å². The van der Waals surface area contributed by atoms with E-state index in [1.165, 1.54) is 19.1 Å². The van der Waals surface area contributed by atoms with Crippen molar-refractivity contribution in [3.63, 3.8) is 0 Å². The van der Waals surface area contributed by atoms with E-state index in [-0.39, 0.29) is 36.0 Å². The molecular formula is C16H18N2O9S. The topological polar surface area (TPSA) is 149 Å². The summed E-state index contributed by atoms with van der Waals surface area (Å²) in [6, 6.07) is 3.50. The first kappa shape index (κ1) is 21.3. The number of amides is 1. The Hall–Kier alpha value is -2.96. The van der Waals surface area contributed by atoms with Gasteiger partial charge in [0.15, 0.2) is 0 Å². The van der Waals surface area contributed by atoms with Crippen molar-refractivity contribution in [3.05, 3.63) is 29.5 Å². The molecule has 0 saturated heterocycles. The van der Waals surface area contributed by atoms with E-state index in [2.05, 4.69) is 10.1 Å². The van der Waals surface area contributed by atoms with Gasteiger partial charge in [0.05, 0.1) is 32.1 Å². The van der Waals surface area contributed by atoms with E-state index >= 15 is 0 Å². The quantitative estimate of drug-likeness (QED) is 0.508. The maximum absolute atomic E-state index is 12.3. The van der Waals surface area contributed by atoms with Gasteiger partial charge in [-0.15, -0.1) is 0 Å². The van der Waals surface area contributed by atoms with Crippen LogP contribution in [0.2, 0.25) is 0 Å². The van der Waals surface area contributed by atoms with Crippen molar-refractivity contribution >= 4 is 39.3 Å². The highest BCUT2D eigenvalue weighted by Gasteiger charge is 2.35. The van der Waals surface area contributed by atoms with Gasteiger partial charge in [-0.05, 0) is 18.2 Å². The normalized spacial score (nSPS) is 14.5. The zero-order valence-corrected chi connectivity index (χ0v) is 16.0. The second kappa shape index (κ2) is 8.37. The number of carbonyl (C=O) groups is 3. The molecule has 1 aliphatic rings. The van der Waals surface area contributed by atoms with Crippen molar-refractivity contribution in [1.29, 1.82) is 0 Å². The van der Waals surface area contributed by atoms with Gasteiger partial charge in [0.25, 0.3) is 10.1 Å². The average Bonchev–Trinajstić information content (AvgIpc) is 2.64. The van der Waals surface area contributed by atoms with Crippen LogP contribution in [0.5, 0.6) is 0 Å². The molecule has 11 nitrogen and oxygen atoms in total. The molecule has 0 spiro atoms. The first-order valence-corrected chi connectivity index (χ1v) is 9.18. The summed E-state index contributed by atoms with van der Waals surface area (Å²) in [5, 5.41) is 2.46. The van der Waals surface area contributed by atoms with Crippen LogP contribution in [-0.4, -0.2) is 58.4 Å². The summed E-state index contributed by atoms with van der Waals surface area (Å²) in [5.41, 5.74) is -0.545. The highest BCUT2D eigenvalue weighted by Crippen LogP contribution is 2.34. The molecule has 28 heavy (non-hydrogen) atoms. The van der Waals surface area contributed by atoms with Crippen LogP contribution in [0.4, 0.5) is 11.4 Å². The molecule has 1 aliphatic heterocycles. The van der Waals surface area contributed by atoms with Crippen LogP contribution in [0.3, 0.4) is 0 Å². The standard InChI is InChI=1S/C16H18N2O9S/c1-9(19)17-10-4-5-13(28(22,23)24)12(6-10)18-8-27-7-11(15(20)25-2)14(18)16(21)26-3/h4-6H,7-8H2,1-3H3,(H,17,19)(H,22,23,24). The van der Waals surface area contributed by atoms with Crippen molar-refractivity contribution in [2.24, 2.45) is 0 Å². The first-order valence-electron chi connectivity index (χ1n) is 7.74. The molecule has 0 aromatic heterocycles. The van der Waals surface area contributed by atoms with Gasteiger partial charge in [-0.2, -0.15) is 8.42 Å². The summed E-state index contributed by atoms with van der Waals surface area (Å²) in [4.78, 5) is 36.2. The Morgan fingerprint density at radius 1 is 1.18 bits per heavy atom. The lowest BCUT2D eigenvalue weighted by Crippen LogP contribution is -2.39. The van der Waals surface area contributed by atoms with Crippen molar-refractivity contribution < 1.29 is 41.6 Å². The number of benzene rings is 1. The van der Waals surface area contributed by atoms with Gasteiger partial charge in [0, 0.05) is 12.6 Å². The second-order valence-corrected chi connectivity index (χ2v) is 6.94. The molecule has 152 valence electrons. The second-order valence-electron chi connectivity index (χ2n) is 5.55. The van der Waals surface area contributed by atoms with E-state index in [1.54, 1.807) is 0 Å². The molecule has 2 N–H and O–H groups in total. The van der Waals surface area contributed by atoms with E-state index < -0.39 is 32.9 Å². The van der Waals surface area contributed by atoms with E-state index in [1.807, 2.05) is 0 Å². The Balaban J connectivity index is 2.76. The van der Waals surface area contributed by atoms with Crippen LogP contribution in [-0.2, 0) is 38.7 Å². The zero-order valence-electron chi connectivity index (χ0n) is 15.2. The lowest BCUT2D eigenvalue weighted by Gasteiger charge is -2.32. The minimum atomic E-state index is -4.73. The van der Waals surface area contributed by atoms with E-state index in [0.29, 0.717) is 0 Å². The molecule has 1 heterocycles. The molecule has 0 bridgehead atoms. The van der Waals surface area contributed by atoms with E-state index in [9.17, 15) is 27.4 Å². The summed E-state index contributed by atoms with van der Waals surface area (Å²) in [7, 11) is -2.55. The summed E-state index contributed by atoms with van der Waals surface area (Å²) in [6.45, 7) is 0.632. The molecular weight excluding hydrogens is 396 g/mol. The molecule has 2 rings (SSSR count). The van der Waals surface area contributed by atoms with Gasteiger partial charge in [0.2, 0.25) is 5.91 Å². The Bertz CT molecular complexity index is 953. The van der Waals surface area contributed by atoms with Crippen LogP contribution in [0, 0.1) is 0 Å². The molecule has 0 radical (unpaired) electrons. The minimum Gasteiger partial charge on any atom is -0.466 e. The van der Waals surface area contributed by atoms with Crippen molar-refractivity contribution in [2.75, 3.05) is 37.8 Å². The lowest BCUT2D eigenvalue weighted by molar-refractivity contribution is -0.140. The first-order chi connectivity index (χ1) is 13.1. The number of rotatable bonds is 5. The van der Waals surface area contributed by atoms with Gasteiger partial charge in [-0.25, -0.2) is 9.59 Å². The maximum Gasteiger partial charge on any atom is 0.355 e. The Labute approximate surface area is 160 Å². The number of hydrogen-bond donors (Lipinski definition) is 2. The number of nitrogens with one attached hydrogen (secondary N) is 1. The summed E-state index contributed by atoms with van der Waals surface area (Å²) in [5.74, 6) is -2.26. The Morgan fingerprint density at radius 3 is 2.36 bits per heavy atom. The molecule has 12 heteroatoms. The van der Waals surface area contributed by atoms with Gasteiger partial charge in [-0.1, -0.05) is 0 Å². The van der Waals surface area contributed by atoms with Crippen LogP contribution in [0.15, 0.2) is 34.4 Å². The molecule has 1 amide bonds. The van der Waals surface area contributed by atoms with Crippen LogP contribution < -0.4 is 10.2 Å². The highest BCUT2D eigenvalue weighted by atomic mass is 32.2. The van der Waals surface area contributed by atoms with Crippen LogP contribution >= 0.6 is 0 Å². The number of nitrogens with zero attached hydrogens (tertiary/aromatic N) is 1. The predicted octanol–water partition coefficient (Wildman–Crippen LogP) is 0.286. The third kappa shape index (κ3) is 4.47. The summed E-state index contributed by atoms with van der Waals surface area (Å²) >= 11 is 0. The molecule has 0 fully saturated rings. The van der Waals surface area contributed by atoms with Crippen molar-refractivity contribution in [3.8, 4) is 0 Å². The third-order valence-electron chi connectivity index (χ3n) is 3.68. The van der Waals surface area contributed by atoms with Gasteiger partial charge >= 0.3 is 11.9 Å². The van der Waals surface area contributed by atoms with E-state index in [4.69, 9.17) is 9.47 Å². The average molecular weight is 414 g/mol.